The summed E-state index contributed by atoms with van der Waals surface area (Å²) in [4.78, 5) is 0. The third-order valence-electron chi connectivity index (χ3n) is 4.62. The highest BCUT2D eigenvalue weighted by molar-refractivity contribution is 7.75. The van der Waals surface area contributed by atoms with Crippen molar-refractivity contribution in [3.05, 3.63) is 77.9 Å². The van der Waals surface area contributed by atoms with Crippen molar-refractivity contribution in [3.8, 4) is 16.9 Å². The molecule has 3 aromatic carbocycles. The summed E-state index contributed by atoms with van der Waals surface area (Å²) < 4.78 is 20.3. The molecule has 1 unspecified atom stereocenters. The molecule has 1 atom stereocenters. The highest BCUT2D eigenvalue weighted by Gasteiger charge is 2.38. The van der Waals surface area contributed by atoms with Crippen LogP contribution < -0.4 is 15.1 Å². The molecule has 0 amide bonds. The van der Waals surface area contributed by atoms with E-state index >= 15 is 0 Å². The third kappa shape index (κ3) is 2.22. The Labute approximate surface area is 142 Å². The van der Waals surface area contributed by atoms with Gasteiger partial charge in [-0.05, 0) is 48.2 Å². The van der Waals surface area contributed by atoms with Crippen molar-refractivity contribution in [3.63, 3.8) is 0 Å². The van der Waals surface area contributed by atoms with Gasteiger partial charge in [0, 0.05) is 5.56 Å². The lowest BCUT2D eigenvalue weighted by atomic mass is 10.0. The Bertz CT molecular complexity index is 975. The van der Waals surface area contributed by atoms with Crippen molar-refractivity contribution >= 4 is 18.0 Å². The highest BCUT2D eigenvalue weighted by atomic mass is 31.2. The van der Waals surface area contributed by atoms with Gasteiger partial charge in [0.05, 0.1) is 10.6 Å². The maximum absolute atomic E-state index is 14.1. The standard InChI is InChI=1S/C21H19O2P/c1-3-16-13-12-15(2)21(14-16)24(22)20-11-7-5-9-18(20)17-8-4-6-10-19(17)23-24/h4-14H,3H2,1-2H3. The second kappa shape index (κ2) is 5.65. The fourth-order valence-electron chi connectivity index (χ4n) is 3.29. The Morgan fingerprint density at radius 1 is 0.875 bits per heavy atom. The molecule has 0 aromatic heterocycles. The van der Waals surface area contributed by atoms with Crippen LogP contribution >= 0.6 is 7.37 Å². The quantitative estimate of drug-likeness (QED) is 0.627. The molecule has 0 fully saturated rings. The van der Waals surface area contributed by atoms with Crippen LogP contribution in [0.3, 0.4) is 0 Å². The summed E-state index contributed by atoms with van der Waals surface area (Å²) in [5, 5.41) is 1.60. The molecule has 24 heavy (non-hydrogen) atoms. The van der Waals surface area contributed by atoms with Gasteiger partial charge in [0.1, 0.15) is 5.75 Å². The van der Waals surface area contributed by atoms with E-state index in [1.54, 1.807) is 0 Å². The van der Waals surface area contributed by atoms with Crippen LogP contribution in [0.4, 0.5) is 0 Å². The van der Waals surface area contributed by atoms with Crippen LogP contribution in [0.2, 0.25) is 0 Å². The summed E-state index contributed by atoms with van der Waals surface area (Å²) in [5.41, 5.74) is 4.18. The summed E-state index contributed by atoms with van der Waals surface area (Å²) in [7, 11) is -3.17. The fraction of sp³-hybridized carbons (Fsp3) is 0.143. The zero-order valence-electron chi connectivity index (χ0n) is 13.8. The van der Waals surface area contributed by atoms with E-state index in [2.05, 4.69) is 13.0 Å². The fourth-order valence-corrected chi connectivity index (χ4v) is 5.85. The molecule has 0 saturated heterocycles. The van der Waals surface area contributed by atoms with E-state index < -0.39 is 7.37 Å². The number of benzene rings is 3. The zero-order valence-corrected chi connectivity index (χ0v) is 14.7. The maximum Gasteiger partial charge on any atom is 0.307 e. The van der Waals surface area contributed by atoms with Crippen LogP contribution in [0.25, 0.3) is 11.1 Å². The van der Waals surface area contributed by atoms with E-state index in [9.17, 15) is 4.57 Å². The van der Waals surface area contributed by atoms with Crippen molar-refractivity contribution in [2.45, 2.75) is 20.3 Å². The van der Waals surface area contributed by atoms with Crippen LogP contribution in [0, 0.1) is 6.92 Å². The molecule has 1 aliphatic rings. The molecule has 0 aliphatic carbocycles. The Hall–Kier alpha value is -2.31. The van der Waals surface area contributed by atoms with E-state index in [-0.39, 0.29) is 0 Å². The van der Waals surface area contributed by atoms with Crippen LogP contribution in [-0.2, 0) is 11.0 Å². The number of hydrogen-bond acceptors (Lipinski definition) is 2. The van der Waals surface area contributed by atoms with Crippen molar-refractivity contribution in [1.82, 2.24) is 0 Å². The highest BCUT2D eigenvalue weighted by Crippen LogP contribution is 2.54. The zero-order chi connectivity index (χ0) is 16.7. The molecule has 4 rings (SSSR count). The van der Waals surface area contributed by atoms with Gasteiger partial charge in [-0.25, -0.2) is 0 Å². The van der Waals surface area contributed by atoms with Gasteiger partial charge < -0.3 is 4.52 Å². The van der Waals surface area contributed by atoms with Gasteiger partial charge in [-0.1, -0.05) is 55.5 Å². The van der Waals surface area contributed by atoms with Gasteiger partial charge in [0.2, 0.25) is 0 Å². The Morgan fingerprint density at radius 3 is 2.38 bits per heavy atom. The first-order valence-electron chi connectivity index (χ1n) is 8.22. The molecular weight excluding hydrogens is 315 g/mol. The van der Waals surface area contributed by atoms with Gasteiger partial charge >= 0.3 is 7.37 Å². The van der Waals surface area contributed by atoms with Gasteiger partial charge in [0.25, 0.3) is 0 Å². The molecule has 2 nitrogen and oxygen atoms in total. The van der Waals surface area contributed by atoms with Gasteiger partial charge in [0.15, 0.2) is 0 Å². The summed E-state index contributed by atoms with van der Waals surface area (Å²) in [6.07, 6.45) is 0.908. The lowest BCUT2D eigenvalue weighted by Gasteiger charge is -2.29. The topological polar surface area (TPSA) is 26.3 Å². The average molecular weight is 334 g/mol. The first-order valence-corrected chi connectivity index (χ1v) is 9.84. The molecule has 0 N–H and O–H groups in total. The second-order valence-electron chi connectivity index (χ2n) is 6.13. The van der Waals surface area contributed by atoms with E-state index in [4.69, 9.17) is 4.52 Å². The molecule has 0 saturated carbocycles. The van der Waals surface area contributed by atoms with Crippen molar-refractivity contribution in [2.75, 3.05) is 0 Å². The minimum atomic E-state index is -3.17. The van der Waals surface area contributed by atoms with Crippen molar-refractivity contribution < 1.29 is 9.09 Å². The van der Waals surface area contributed by atoms with Gasteiger partial charge in [-0.3, -0.25) is 4.57 Å². The molecule has 1 heterocycles. The minimum absolute atomic E-state index is 0.695. The summed E-state index contributed by atoms with van der Waals surface area (Å²) >= 11 is 0. The number of fused-ring (bicyclic) bond motifs is 3. The van der Waals surface area contributed by atoms with Crippen LogP contribution in [0.15, 0.2) is 66.7 Å². The number of hydrogen-bond donors (Lipinski definition) is 0. The number of rotatable bonds is 2. The van der Waals surface area contributed by atoms with Crippen molar-refractivity contribution in [1.29, 1.82) is 0 Å². The minimum Gasteiger partial charge on any atom is -0.436 e. The number of para-hydroxylation sites is 1. The average Bonchev–Trinajstić information content (AvgIpc) is 2.62. The molecular formula is C21H19O2P. The third-order valence-corrected chi connectivity index (χ3v) is 7.22. The predicted octanol–water partition coefficient (Wildman–Crippen LogP) is 4.85. The molecule has 120 valence electrons. The Morgan fingerprint density at radius 2 is 1.58 bits per heavy atom. The lowest BCUT2D eigenvalue weighted by molar-refractivity contribution is 0.501. The second-order valence-corrected chi connectivity index (χ2v) is 8.38. The molecule has 0 spiro atoms. The van der Waals surface area contributed by atoms with Crippen LogP contribution in [-0.4, -0.2) is 0 Å². The lowest BCUT2D eigenvalue weighted by Crippen LogP contribution is -2.27. The van der Waals surface area contributed by atoms with Crippen LogP contribution in [0.5, 0.6) is 5.75 Å². The maximum atomic E-state index is 14.1. The van der Waals surface area contributed by atoms with Gasteiger partial charge in [-0.15, -0.1) is 0 Å². The predicted molar refractivity (Wildman–Crippen MR) is 99.9 cm³/mol. The van der Waals surface area contributed by atoms with Crippen molar-refractivity contribution in [2.24, 2.45) is 0 Å². The Balaban J connectivity index is 2.02. The SMILES string of the molecule is CCc1ccc(C)c(P2(=O)Oc3ccccc3-c3ccccc32)c1. The summed E-state index contributed by atoms with van der Waals surface area (Å²) in [6, 6.07) is 21.9. The smallest absolute Gasteiger partial charge is 0.307 e. The van der Waals surface area contributed by atoms with Gasteiger partial charge in [-0.2, -0.15) is 0 Å². The molecule has 1 aliphatic heterocycles. The van der Waals surface area contributed by atoms with Crippen LogP contribution in [0.1, 0.15) is 18.1 Å². The largest absolute Gasteiger partial charge is 0.436 e. The monoisotopic (exact) mass is 334 g/mol. The molecule has 3 heteroatoms. The summed E-state index contributed by atoms with van der Waals surface area (Å²) in [5.74, 6) is 0.695. The normalized spacial score (nSPS) is 18.4. The molecule has 0 radical (unpaired) electrons. The molecule has 0 bridgehead atoms. The first kappa shape index (κ1) is 15.2. The van der Waals surface area contributed by atoms with E-state index in [0.29, 0.717) is 5.75 Å². The Kier molecular flexibility index (Phi) is 3.58. The summed E-state index contributed by atoms with van der Waals surface area (Å²) in [6.45, 7) is 4.11. The first-order chi connectivity index (χ1) is 11.6. The van der Waals surface area contributed by atoms with E-state index in [0.717, 1.165) is 33.7 Å². The molecule has 3 aromatic rings. The van der Waals surface area contributed by atoms with E-state index in [1.165, 1.54) is 5.56 Å². The number of aryl methyl sites for hydroxylation is 2. The van der Waals surface area contributed by atoms with E-state index in [1.807, 2.05) is 67.6 Å².